The number of aromatic nitrogens is 1. The summed E-state index contributed by atoms with van der Waals surface area (Å²) < 4.78 is 13.6. The summed E-state index contributed by atoms with van der Waals surface area (Å²) in [6.45, 7) is 3.83. The summed E-state index contributed by atoms with van der Waals surface area (Å²) in [4.78, 5) is 17.4. The van der Waals surface area contributed by atoms with Crippen LogP contribution < -0.4 is 0 Å². The Balaban J connectivity index is 2.27. The van der Waals surface area contributed by atoms with Crippen LogP contribution in [0.15, 0.2) is 18.2 Å². The first-order chi connectivity index (χ1) is 8.49. The minimum atomic E-state index is -0.586. The van der Waals surface area contributed by atoms with Crippen molar-refractivity contribution in [1.82, 2.24) is 4.98 Å². The van der Waals surface area contributed by atoms with Crippen LogP contribution in [0.4, 0.5) is 4.39 Å². The van der Waals surface area contributed by atoms with Crippen molar-refractivity contribution in [1.29, 1.82) is 0 Å². The summed E-state index contributed by atoms with van der Waals surface area (Å²) in [5.41, 5.74) is 0.854. The van der Waals surface area contributed by atoms with Crippen LogP contribution in [0.1, 0.15) is 25.9 Å². The van der Waals surface area contributed by atoms with Crippen molar-refractivity contribution < 1.29 is 9.18 Å². The highest BCUT2D eigenvalue weighted by molar-refractivity contribution is 7.11. The highest BCUT2D eigenvalue weighted by atomic mass is 35.5. The zero-order chi connectivity index (χ0) is 13.3. The van der Waals surface area contributed by atoms with Gasteiger partial charge in [-0.15, -0.1) is 11.3 Å². The fourth-order valence-electron chi connectivity index (χ4n) is 1.60. The van der Waals surface area contributed by atoms with E-state index in [9.17, 15) is 9.18 Å². The molecule has 0 atom stereocenters. The van der Waals surface area contributed by atoms with E-state index < -0.39 is 5.82 Å². The molecule has 0 saturated carbocycles. The summed E-state index contributed by atoms with van der Waals surface area (Å²) in [5.74, 6) is -0.927. The van der Waals surface area contributed by atoms with Crippen molar-refractivity contribution in [3.05, 3.63) is 50.2 Å². The number of Topliss-reactive ketones (excluding diaryl/α,β-unsaturated/α-hetero) is 1. The molecule has 2 aromatic rings. The average Bonchev–Trinajstić information content (AvgIpc) is 2.57. The van der Waals surface area contributed by atoms with Crippen LogP contribution in [-0.2, 0) is 6.42 Å². The molecule has 0 unspecified atom stereocenters. The lowest BCUT2D eigenvalue weighted by molar-refractivity contribution is 0.0989. The van der Waals surface area contributed by atoms with Gasteiger partial charge in [-0.2, -0.15) is 0 Å². The number of hydrogen-bond acceptors (Lipinski definition) is 3. The van der Waals surface area contributed by atoms with Gasteiger partial charge in [0.15, 0.2) is 5.78 Å². The van der Waals surface area contributed by atoms with Gasteiger partial charge in [-0.05, 0) is 26.0 Å². The van der Waals surface area contributed by atoms with Gasteiger partial charge in [0.05, 0.1) is 22.7 Å². The summed E-state index contributed by atoms with van der Waals surface area (Å²) >= 11 is 7.30. The minimum Gasteiger partial charge on any atom is -0.294 e. The molecule has 94 valence electrons. The van der Waals surface area contributed by atoms with E-state index in [1.54, 1.807) is 0 Å². The Morgan fingerprint density at radius 2 is 2.17 bits per heavy atom. The molecule has 1 aromatic heterocycles. The van der Waals surface area contributed by atoms with Gasteiger partial charge in [-0.1, -0.05) is 17.7 Å². The van der Waals surface area contributed by atoms with E-state index in [0.29, 0.717) is 5.01 Å². The number of benzene rings is 1. The monoisotopic (exact) mass is 283 g/mol. The summed E-state index contributed by atoms with van der Waals surface area (Å²) in [7, 11) is 0. The predicted molar refractivity (Wildman–Crippen MR) is 71.0 cm³/mol. The number of nitrogens with zero attached hydrogens (tertiary/aromatic N) is 1. The molecular formula is C13H11ClFNOS. The molecule has 2 rings (SSSR count). The average molecular weight is 284 g/mol. The van der Waals surface area contributed by atoms with Crippen molar-refractivity contribution in [2.24, 2.45) is 0 Å². The molecular weight excluding hydrogens is 273 g/mol. The maximum absolute atomic E-state index is 13.6. The Morgan fingerprint density at radius 3 is 2.72 bits per heavy atom. The number of rotatable bonds is 3. The van der Waals surface area contributed by atoms with Crippen molar-refractivity contribution in [3.63, 3.8) is 0 Å². The molecule has 0 radical (unpaired) electrons. The highest BCUT2D eigenvalue weighted by Gasteiger charge is 2.17. The van der Waals surface area contributed by atoms with Crippen molar-refractivity contribution in [2.45, 2.75) is 20.3 Å². The first-order valence-corrected chi connectivity index (χ1v) is 6.58. The molecule has 1 aromatic carbocycles. The van der Waals surface area contributed by atoms with Gasteiger partial charge >= 0.3 is 0 Å². The van der Waals surface area contributed by atoms with E-state index in [-0.39, 0.29) is 22.8 Å². The van der Waals surface area contributed by atoms with E-state index >= 15 is 0 Å². The Labute approximate surface area is 113 Å². The third-order valence-electron chi connectivity index (χ3n) is 2.63. The lowest BCUT2D eigenvalue weighted by Gasteiger charge is -2.03. The molecule has 0 aliphatic rings. The van der Waals surface area contributed by atoms with Crippen LogP contribution in [0.5, 0.6) is 0 Å². The molecule has 0 saturated heterocycles. The number of carbonyl (C=O) groups is 1. The van der Waals surface area contributed by atoms with Crippen molar-refractivity contribution >= 4 is 28.7 Å². The quantitative estimate of drug-likeness (QED) is 0.798. The van der Waals surface area contributed by atoms with E-state index in [0.717, 1.165) is 10.6 Å². The fraction of sp³-hybridized carbons (Fsp3) is 0.231. The Bertz CT molecular complexity index is 569. The molecule has 0 aliphatic heterocycles. The lowest BCUT2D eigenvalue weighted by atomic mass is 10.1. The van der Waals surface area contributed by atoms with Gasteiger partial charge in [-0.25, -0.2) is 9.37 Å². The lowest BCUT2D eigenvalue weighted by Crippen LogP contribution is -2.07. The number of halogens is 2. The summed E-state index contributed by atoms with van der Waals surface area (Å²) in [5, 5.41) is 0.833. The Morgan fingerprint density at radius 1 is 1.44 bits per heavy atom. The molecule has 0 aliphatic carbocycles. The molecule has 0 fully saturated rings. The van der Waals surface area contributed by atoms with Gasteiger partial charge in [0, 0.05) is 4.88 Å². The zero-order valence-corrected chi connectivity index (χ0v) is 11.5. The van der Waals surface area contributed by atoms with Crippen LogP contribution in [0.3, 0.4) is 0 Å². The summed E-state index contributed by atoms with van der Waals surface area (Å²) in [6.07, 6.45) is 0.0833. The smallest absolute Gasteiger partial charge is 0.174 e. The second kappa shape index (κ2) is 5.16. The molecule has 0 N–H and O–H groups in total. The SMILES string of the molecule is Cc1nc(CC(=O)c2c(F)cccc2Cl)sc1C. The van der Waals surface area contributed by atoms with Crippen LogP contribution in [0.25, 0.3) is 0 Å². The third kappa shape index (κ3) is 2.60. The topological polar surface area (TPSA) is 30.0 Å². The maximum atomic E-state index is 13.6. The second-order valence-electron chi connectivity index (χ2n) is 3.95. The number of aryl methyl sites for hydroxylation is 2. The van der Waals surface area contributed by atoms with Gasteiger partial charge < -0.3 is 0 Å². The third-order valence-corrected chi connectivity index (χ3v) is 4.01. The van der Waals surface area contributed by atoms with E-state index in [4.69, 9.17) is 11.6 Å². The molecule has 18 heavy (non-hydrogen) atoms. The van der Waals surface area contributed by atoms with Gasteiger partial charge in [0.1, 0.15) is 10.8 Å². The van der Waals surface area contributed by atoms with E-state index in [2.05, 4.69) is 4.98 Å². The highest BCUT2D eigenvalue weighted by Crippen LogP contribution is 2.23. The fourth-order valence-corrected chi connectivity index (χ4v) is 2.81. The van der Waals surface area contributed by atoms with Crippen LogP contribution >= 0.6 is 22.9 Å². The maximum Gasteiger partial charge on any atom is 0.174 e. The van der Waals surface area contributed by atoms with Crippen molar-refractivity contribution in [3.8, 4) is 0 Å². The van der Waals surface area contributed by atoms with Crippen LogP contribution in [0, 0.1) is 19.7 Å². The van der Waals surface area contributed by atoms with E-state index in [1.807, 2.05) is 13.8 Å². The second-order valence-corrected chi connectivity index (χ2v) is 5.64. The standard InChI is InChI=1S/C13H11ClFNOS/c1-7-8(2)18-12(16-7)6-11(17)13-9(14)4-3-5-10(13)15/h3-5H,6H2,1-2H3. The van der Waals surface area contributed by atoms with Crippen LogP contribution in [-0.4, -0.2) is 10.8 Å². The molecule has 0 bridgehead atoms. The number of thiazole rings is 1. The largest absolute Gasteiger partial charge is 0.294 e. The number of ketones is 1. The zero-order valence-electron chi connectivity index (χ0n) is 9.96. The molecule has 0 spiro atoms. The van der Waals surface area contributed by atoms with Gasteiger partial charge in [0.2, 0.25) is 0 Å². The molecule has 1 heterocycles. The first kappa shape index (κ1) is 13.2. The number of hydrogen-bond donors (Lipinski definition) is 0. The molecule has 5 heteroatoms. The minimum absolute atomic E-state index is 0.0512. The number of carbonyl (C=O) groups excluding carboxylic acids is 1. The molecule has 2 nitrogen and oxygen atoms in total. The predicted octanol–water partition coefficient (Wildman–Crippen LogP) is 3.98. The normalized spacial score (nSPS) is 10.7. The molecule has 0 amide bonds. The van der Waals surface area contributed by atoms with Crippen LogP contribution in [0.2, 0.25) is 5.02 Å². The van der Waals surface area contributed by atoms with E-state index in [1.165, 1.54) is 29.5 Å². The Hall–Kier alpha value is -1.26. The summed E-state index contributed by atoms with van der Waals surface area (Å²) in [6, 6.07) is 4.22. The Kier molecular flexibility index (Phi) is 3.78. The van der Waals surface area contributed by atoms with Gasteiger partial charge in [0.25, 0.3) is 0 Å². The van der Waals surface area contributed by atoms with Gasteiger partial charge in [-0.3, -0.25) is 4.79 Å². The van der Waals surface area contributed by atoms with Crippen molar-refractivity contribution in [2.75, 3.05) is 0 Å². The first-order valence-electron chi connectivity index (χ1n) is 5.39.